The maximum Gasteiger partial charge on any atom is 0.229 e. The molecular formula is C17H16BrClN4O. The summed E-state index contributed by atoms with van der Waals surface area (Å²) < 4.78 is 6.30. The fourth-order valence-electron chi connectivity index (χ4n) is 3.29. The van der Waals surface area contributed by atoms with Crippen LogP contribution in [-0.4, -0.2) is 28.2 Å². The van der Waals surface area contributed by atoms with E-state index in [2.05, 4.69) is 48.1 Å². The lowest BCUT2D eigenvalue weighted by molar-refractivity contribution is 0.327. The van der Waals surface area contributed by atoms with E-state index in [4.69, 9.17) is 16.1 Å². The Balaban J connectivity index is 1.61. The number of benzene rings is 1. The summed E-state index contributed by atoms with van der Waals surface area (Å²) in [6, 6.07) is 6.02. The van der Waals surface area contributed by atoms with E-state index in [1.165, 1.54) is 5.69 Å². The van der Waals surface area contributed by atoms with E-state index in [-0.39, 0.29) is 0 Å². The number of piperidine rings is 1. The molecule has 0 radical (unpaired) electrons. The third-order valence-electron chi connectivity index (χ3n) is 4.47. The largest absolute Gasteiger partial charge is 0.371 e. The second kappa shape index (κ2) is 6.33. The molecule has 0 unspecified atom stereocenters. The fraction of sp³-hybridized carbons (Fsp3) is 0.353. The molecule has 7 heteroatoms. The van der Waals surface area contributed by atoms with Gasteiger partial charge in [-0.15, -0.1) is 0 Å². The van der Waals surface area contributed by atoms with Gasteiger partial charge in [0.2, 0.25) is 5.89 Å². The molecule has 4 rings (SSSR count). The van der Waals surface area contributed by atoms with Crippen molar-refractivity contribution >= 4 is 44.1 Å². The van der Waals surface area contributed by atoms with E-state index in [9.17, 15) is 0 Å². The molecule has 0 atom stereocenters. The number of pyridine rings is 1. The minimum Gasteiger partial charge on any atom is -0.371 e. The zero-order chi connectivity index (χ0) is 16.7. The van der Waals surface area contributed by atoms with Crippen LogP contribution in [0.1, 0.15) is 30.5 Å². The Hall–Kier alpha value is -1.66. The first-order chi connectivity index (χ1) is 11.6. The molecule has 1 saturated heterocycles. The first kappa shape index (κ1) is 15.8. The summed E-state index contributed by atoms with van der Waals surface area (Å²) in [6.45, 7) is 3.73. The number of fused-ring (bicyclic) bond motifs is 1. The van der Waals surface area contributed by atoms with Crippen molar-refractivity contribution in [3.8, 4) is 0 Å². The molecule has 24 heavy (non-hydrogen) atoms. The highest BCUT2D eigenvalue weighted by Gasteiger charge is 2.26. The number of nitrogens with zero attached hydrogens (tertiary/aromatic N) is 4. The van der Waals surface area contributed by atoms with Crippen molar-refractivity contribution in [1.82, 2.24) is 15.1 Å². The zero-order valence-corrected chi connectivity index (χ0v) is 15.5. The van der Waals surface area contributed by atoms with Gasteiger partial charge in [-0.25, -0.2) is 0 Å². The Kier molecular flexibility index (Phi) is 4.18. The average Bonchev–Trinajstić information content (AvgIpc) is 3.01. The highest BCUT2D eigenvalue weighted by Crippen LogP contribution is 2.36. The summed E-state index contributed by atoms with van der Waals surface area (Å²) >= 11 is 9.87. The van der Waals surface area contributed by atoms with Gasteiger partial charge in [-0.3, -0.25) is 4.98 Å². The first-order valence-corrected chi connectivity index (χ1v) is 9.08. The first-order valence-electron chi connectivity index (χ1n) is 7.91. The van der Waals surface area contributed by atoms with Crippen LogP contribution in [0.5, 0.6) is 0 Å². The van der Waals surface area contributed by atoms with E-state index in [1.54, 1.807) is 0 Å². The van der Waals surface area contributed by atoms with Crippen LogP contribution in [0.25, 0.3) is 10.9 Å². The molecule has 2 aromatic heterocycles. The van der Waals surface area contributed by atoms with Gasteiger partial charge in [0.1, 0.15) is 0 Å². The topological polar surface area (TPSA) is 55.1 Å². The van der Waals surface area contributed by atoms with Gasteiger partial charge in [-0.2, -0.15) is 4.98 Å². The van der Waals surface area contributed by atoms with Crippen LogP contribution in [0.4, 0.5) is 5.69 Å². The molecule has 0 saturated carbocycles. The van der Waals surface area contributed by atoms with Crippen LogP contribution in [0.15, 0.2) is 33.4 Å². The normalized spacial score (nSPS) is 16.0. The summed E-state index contributed by atoms with van der Waals surface area (Å²) in [5.41, 5.74) is 2.01. The fourth-order valence-corrected chi connectivity index (χ4v) is 4.14. The zero-order valence-electron chi connectivity index (χ0n) is 13.2. The van der Waals surface area contributed by atoms with Crippen LogP contribution in [0, 0.1) is 6.92 Å². The summed E-state index contributed by atoms with van der Waals surface area (Å²) in [6.07, 6.45) is 3.81. The third-order valence-corrected chi connectivity index (χ3v) is 5.21. The molecule has 124 valence electrons. The molecule has 0 N–H and O–H groups in total. The van der Waals surface area contributed by atoms with Gasteiger partial charge in [0.25, 0.3) is 0 Å². The number of rotatable bonds is 2. The van der Waals surface area contributed by atoms with Crippen LogP contribution < -0.4 is 4.90 Å². The van der Waals surface area contributed by atoms with E-state index in [1.807, 2.05) is 19.2 Å². The average molecular weight is 408 g/mol. The van der Waals surface area contributed by atoms with Crippen molar-refractivity contribution in [2.45, 2.75) is 25.7 Å². The van der Waals surface area contributed by atoms with Gasteiger partial charge >= 0.3 is 0 Å². The Morgan fingerprint density at radius 1 is 1.29 bits per heavy atom. The molecule has 0 spiro atoms. The smallest absolute Gasteiger partial charge is 0.229 e. The Morgan fingerprint density at radius 2 is 2.08 bits per heavy atom. The van der Waals surface area contributed by atoms with Crippen LogP contribution in [-0.2, 0) is 0 Å². The van der Waals surface area contributed by atoms with Gasteiger partial charge < -0.3 is 9.42 Å². The summed E-state index contributed by atoms with van der Waals surface area (Å²) in [7, 11) is 0. The number of aryl methyl sites for hydroxylation is 1. The second-order valence-electron chi connectivity index (χ2n) is 6.06. The van der Waals surface area contributed by atoms with E-state index >= 15 is 0 Å². The molecule has 3 aromatic rings. The summed E-state index contributed by atoms with van der Waals surface area (Å²) in [5, 5.41) is 5.64. The van der Waals surface area contributed by atoms with Crippen LogP contribution in [0.2, 0.25) is 5.02 Å². The molecule has 0 aliphatic carbocycles. The molecule has 1 aromatic carbocycles. The molecule has 1 aliphatic rings. The standard InChI is InChI=1S/C17H16BrClN4O/c1-10-21-17(24-22-10)11-3-6-23(7-4-11)15-2-5-20-16-13(15)8-12(18)9-14(16)19/h2,5,8-9,11H,3-4,6-7H2,1H3. The van der Waals surface area contributed by atoms with Crippen molar-refractivity contribution in [2.75, 3.05) is 18.0 Å². The minimum absolute atomic E-state index is 0.339. The summed E-state index contributed by atoms with van der Waals surface area (Å²) in [4.78, 5) is 11.2. The van der Waals surface area contributed by atoms with Crippen molar-refractivity contribution in [1.29, 1.82) is 0 Å². The lowest BCUT2D eigenvalue weighted by Crippen LogP contribution is -2.33. The third kappa shape index (κ3) is 2.89. The molecule has 1 aliphatic heterocycles. The number of hydrogen-bond donors (Lipinski definition) is 0. The van der Waals surface area contributed by atoms with Crippen molar-refractivity contribution in [3.63, 3.8) is 0 Å². The number of aromatic nitrogens is 3. The molecule has 1 fully saturated rings. The Labute approximate surface area is 153 Å². The monoisotopic (exact) mass is 406 g/mol. The van der Waals surface area contributed by atoms with Crippen molar-refractivity contribution < 1.29 is 4.52 Å². The molecule has 0 bridgehead atoms. The second-order valence-corrected chi connectivity index (χ2v) is 7.38. The van der Waals surface area contributed by atoms with Gasteiger partial charge in [-0.1, -0.05) is 32.7 Å². The Morgan fingerprint density at radius 3 is 2.79 bits per heavy atom. The SMILES string of the molecule is Cc1noc(C2CCN(c3ccnc4c(Cl)cc(Br)cc34)CC2)n1. The van der Waals surface area contributed by atoms with E-state index in [0.717, 1.165) is 47.2 Å². The lowest BCUT2D eigenvalue weighted by atomic mass is 9.96. The number of halogens is 2. The molecular weight excluding hydrogens is 392 g/mol. The minimum atomic E-state index is 0.339. The van der Waals surface area contributed by atoms with E-state index < -0.39 is 0 Å². The van der Waals surface area contributed by atoms with Crippen LogP contribution >= 0.6 is 27.5 Å². The molecule has 0 amide bonds. The maximum atomic E-state index is 6.34. The highest BCUT2D eigenvalue weighted by molar-refractivity contribution is 9.10. The molecule has 5 nitrogen and oxygen atoms in total. The predicted molar refractivity (Wildman–Crippen MR) is 97.7 cm³/mol. The number of hydrogen-bond acceptors (Lipinski definition) is 5. The van der Waals surface area contributed by atoms with Crippen LogP contribution in [0.3, 0.4) is 0 Å². The van der Waals surface area contributed by atoms with Gasteiger partial charge in [0.15, 0.2) is 5.82 Å². The van der Waals surface area contributed by atoms with Crippen molar-refractivity contribution in [2.24, 2.45) is 0 Å². The predicted octanol–water partition coefficient (Wildman–Crippen LogP) is 4.73. The summed E-state index contributed by atoms with van der Waals surface area (Å²) in [5.74, 6) is 1.80. The van der Waals surface area contributed by atoms with Gasteiger partial charge in [0, 0.05) is 40.8 Å². The lowest BCUT2D eigenvalue weighted by Gasteiger charge is -2.33. The molecule has 3 heterocycles. The maximum absolute atomic E-state index is 6.34. The quantitative estimate of drug-likeness (QED) is 0.615. The Bertz CT molecular complexity index is 889. The van der Waals surface area contributed by atoms with Crippen molar-refractivity contribution in [3.05, 3.63) is 45.6 Å². The van der Waals surface area contributed by atoms with Gasteiger partial charge in [0.05, 0.1) is 10.5 Å². The van der Waals surface area contributed by atoms with Gasteiger partial charge in [-0.05, 0) is 38.0 Å². The number of anilines is 1. The highest BCUT2D eigenvalue weighted by atomic mass is 79.9. The van der Waals surface area contributed by atoms with E-state index in [0.29, 0.717) is 16.8 Å².